The Labute approximate surface area is 128 Å². The summed E-state index contributed by atoms with van der Waals surface area (Å²) in [5, 5.41) is 0. The minimum atomic E-state index is 0.709. The van der Waals surface area contributed by atoms with E-state index in [1.165, 1.54) is 11.3 Å². The lowest BCUT2D eigenvalue weighted by Gasteiger charge is -2.08. The van der Waals surface area contributed by atoms with Crippen LogP contribution in [0.3, 0.4) is 0 Å². The van der Waals surface area contributed by atoms with Crippen LogP contribution in [0.25, 0.3) is 11.4 Å². The zero-order valence-corrected chi connectivity index (χ0v) is 13.4. The second kappa shape index (κ2) is 5.26. The van der Waals surface area contributed by atoms with Gasteiger partial charge in [-0.3, -0.25) is 0 Å². The fraction of sp³-hybridized carbons (Fsp3) is 0.231. The fourth-order valence-electron chi connectivity index (χ4n) is 2.02. The van der Waals surface area contributed by atoms with Gasteiger partial charge in [0, 0.05) is 28.3 Å². The molecule has 0 spiro atoms. The highest BCUT2D eigenvalue weighted by atomic mass is 79.9. The molecular weight excluding hydrogens is 344 g/mol. The molecule has 0 atom stereocenters. The van der Waals surface area contributed by atoms with Crippen LogP contribution in [0.15, 0.2) is 22.7 Å². The molecule has 2 heterocycles. The van der Waals surface area contributed by atoms with Gasteiger partial charge < -0.3 is 9.72 Å². The maximum atomic E-state index is 5.37. The molecule has 6 heteroatoms. The first-order chi connectivity index (χ1) is 9.19. The Bertz CT molecular complexity index is 700. The topological polar surface area (TPSA) is 37.9 Å². The molecule has 98 valence electrons. The van der Waals surface area contributed by atoms with Crippen LogP contribution in [0.5, 0.6) is 5.75 Å². The van der Waals surface area contributed by atoms with Gasteiger partial charge in [0.15, 0.2) is 0 Å². The largest absolute Gasteiger partial charge is 0.496 e. The van der Waals surface area contributed by atoms with E-state index in [1.54, 1.807) is 7.11 Å². The van der Waals surface area contributed by atoms with Gasteiger partial charge in [-0.15, -0.1) is 0 Å². The molecule has 0 aliphatic carbocycles. The number of fused-ring (bicyclic) bond motifs is 1. The third-order valence-corrected chi connectivity index (χ3v) is 4.97. The molecule has 1 aromatic carbocycles. The number of H-pyrrole nitrogens is 1. The average molecular weight is 355 g/mol. The van der Waals surface area contributed by atoms with Gasteiger partial charge in [0.1, 0.15) is 16.2 Å². The number of nitrogens with zero attached hydrogens (tertiary/aromatic N) is 1. The van der Waals surface area contributed by atoms with Gasteiger partial charge >= 0.3 is 0 Å². The molecule has 1 N–H and O–H groups in total. The van der Waals surface area contributed by atoms with E-state index in [0.717, 1.165) is 33.1 Å². The summed E-state index contributed by atoms with van der Waals surface area (Å²) < 4.78 is 6.85. The molecule has 3 rings (SSSR count). The van der Waals surface area contributed by atoms with Crippen molar-refractivity contribution in [2.45, 2.75) is 11.5 Å². The number of hydrogen-bond acceptors (Lipinski definition) is 4. The van der Waals surface area contributed by atoms with Crippen LogP contribution in [-0.2, 0) is 11.5 Å². The molecule has 0 radical (unpaired) electrons. The van der Waals surface area contributed by atoms with Crippen LogP contribution in [0.1, 0.15) is 11.3 Å². The van der Waals surface area contributed by atoms with E-state index in [1.807, 2.05) is 30.0 Å². The predicted molar refractivity (Wildman–Crippen MR) is 84.1 cm³/mol. The summed E-state index contributed by atoms with van der Waals surface area (Å²) in [5.41, 5.74) is 3.38. The van der Waals surface area contributed by atoms with E-state index < -0.39 is 0 Å². The van der Waals surface area contributed by atoms with Gasteiger partial charge in [0.2, 0.25) is 0 Å². The second-order valence-corrected chi connectivity index (χ2v) is 6.42. The van der Waals surface area contributed by atoms with Gasteiger partial charge in [-0.25, -0.2) is 4.98 Å². The third kappa shape index (κ3) is 2.44. The highest BCUT2D eigenvalue weighted by Gasteiger charge is 2.16. The van der Waals surface area contributed by atoms with Crippen molar-refractivity contribution in [2.75, 3.05) is 7.11 Å². The van der Waals surface area contributed by atoms with Gasteiger partial charge in [0.05, 0.1) is 11.6 Å². The van der Waals surface area contributed by atoms with Crippen molar-refractivity contribution >= 4 is 39.9 Å². The molecule has 0 saturated carbocycles. The van der Waals surface area contributed by atoms with E-state index in [9.17, 15) is 0 Å². The van der Waals surface area contributed by atoms with Gasteiger partial charge in [0.25, 0.3) is 0 Å². The number of aromatic amines is 1. The normalized spacial score (nSPS) is 13.4. The molecule has 0 bridgehead atoms. The number of thioether (sulfide) groups is 1. The number of halogens is 1. The molecule has 0 amide bonds. The van der Waals surface area contributed by atoms with E-state index in [4.69, 9.17) is 17.0 Å². The average Bonchev–Trinajstić information content (AvgIpc) is 2.87. The quantitative estimate of drug-likeness (QED) is 0.814. The maximum Gasteiger partial charge on any atom is 0.139 e. The number of benzene rings is 1. The Morgan fingerprint density at radius 2 is 2.26 bits per heavy atom. The molecule has 3 nitrogen and oxygen atoms in total. The van der Waals surface area contributed by atoms with E-state index in [-0.39, 0.29) is 0 Å². The Kier molecular flexibility index (Phi) is 3.64. The highest BCUT2D eigenvalue weighted by molar-refractivity contribution is 9.10. The Hall–Kier alpha value is -0.850. The number of aromatic nitrogens is 2. The monoisotopic (exact) mass is 354 g/mol. The standard InChI is InChI=1S/C13H11BrN2OS2/c1-17-11-3-2-7(4-9(11)14)12-15-10-6-19-5-8(10)13(18)16-12/h2-4H,5-6H2,1H3,(H,15,16,18). The minimum Gasteiger partial charge on any atom is -0.496 e. The fourth-order valence-corrected chi connectivity index (χ4v) is 4.01. The molecule has 0 saturated heterocycles. The first kappa shape index (κ1) is 13.1. The Balaban J connectivity index is 2.10. The first-order valence-corrected chi connectivity index (χ1v) is 8.08. The van der Waals surface area contributed by atoms with Crippen molar-refractivity contribution < 1.29 is 4.74 Å². The van der Waals surface area contributed by atoms with Crippen molar-refractivity contribution in [1.29, 1.82) is 0 Å². The third-order valence-electron chi connectivity index (χ3n) is 3.02. The van der Waals surface area contributed by atoms with Crippen molar-refractivity contribution in [1.82, 2.24) is 9.97 Å². The summed E-state index contributed by atoms with van der Waals surface area (Å²) in [6.45, 7) is 0. The van der Waals surface area contributed by atoms with E-state index in [2.05, 4.69) is 25.9 Å². The summed E-state index contributed by atoms with van der Waals surface area (Å²) in [5.74, 6) is 3.56. The summed E-state index contributed by atoms with van der Waals surface area (Å²) >= 11 is 10.7. The number of rotatable bonds is 2. The Morgan fingerprint density at radius 3 is 3.00 bits per heavy atom. The molecule has 1 aliphatic heterocycles. The molecule has 1 aliphatic rings. The summed E-state index contributed by atoms with van der Waals surface area (Å²) in [7, 11) is 1.65. The zero-order chi connectivity index (χ0) is 13.4. The molecule has 1 aromatic heterocycles. The van der Waals surface area contributed by atoms with Gasteiger partial charge in [-0.1, -0.05) is 12.2 Å². The molecule has 19 heavy (non-hydrogen) atoms. The number of hydrogen-bond donors (Lipinski definition) is 1. The number of ether oxygens (including phenoxy) is 1. The number of methoxy groups -OCH3 is 1. The van der Waals surface area contributed by atoms with Gasteiger partial charge in [-0.05, 0) is 34.1 Å². The summed E-state index contributed by atoms with van der Waals surface area (Å²) in [4.78, 5) is 7.88. The van der Waals surface area contributed by atoms with Crippen molar-refractivity contribution in [3.8, 4) is 17.1 Å². The van der Waals surface area contributed by atoms with Crippen molar-refractivity contribution in [3.63, 3.8) is 0 Å². The second-order valence-electron chi connectivity index (χ2n) is 4.19. The van der Waals surface area contributed by atoms with Crippen molar-refractivity contribution in [3.05, 3.63) is 38.6 Å². The molecular formula is C13H11BrN2OS2. The smallest absolute Gasteiger partial charge is 0.139 e. The SMILES string of the molecule is COc1ccc(-c2nc(=S)c3c([nH]2)CSC3)cc1Br. The minimum absolute atomic E-state index is 0.709. The summed E-state index contributed by atoms with van der Waals surface area (Å²) in [6, 6.07) is 5.88. The zero-order valence-electron chi connectivity index (χ0n) is 10.2. The summed E-state index contributed by atoms with van der Waals surface area (Å²) in [6.07, 6.45) is 0. The molecule has 0 fully saturated rings. The molecule has 2 aromatic rings. The van der Waals surface area contributed by atoms with Crippen LogP contribution < -0.4 is 4.74 Å². The lowest BCUT2D eigenvalue weighted by atomic mass is 10.2. The maximum absolute atomic E-state index is 5.37. The van der Waals surface area contributed by atoms with Gasteiger partial charge in [-0.2, -0.15) is 11.8 Å². The van der Waals surface area contributed by atoms with Crippen LogP contribution in [0.4, 0.5) is 0 Å². The molecule has 0 unspecified atom stereocenters. The first-order valence-electron chi connectivity index (χ1n) is 5.73. The predicted octanol–water partition coefficient (Wildman–Crippen LogP) is 4.32. The lowest BCUT2D eigenvalue weighted by molar-refractivity contribution is 0.412. The van der Waals surface area contributed by atoms with E-state index >= 15 is 0 Å². The van der Waals surface area contributed by atoms with Crippen LogP contribution >= 0.6 is 39.9 Å². The highest BCUT2D eigenvalue weighted by Crippen LogP contribution is 2.32. The lowest BCUT2D eigenvalue weighted by Crippen LogP contribution is -1.97. The van der Waals surface area contributed by atoms with E-state index in [0.29, 0.717) is 4.64 Å². The van der Waals surface area contributed by atoms with Crippen LogP contribution in [0, 0.1) is 4.64 Å². The van der Waals surface area contributed by atoms with Crippen molar-refractivity contribution in [2.24, 2.45) is 0 Å². The number of nitrogens with one attached hydrogen (secondary N) is 1. The van der Waals surface area contributed by atoms with Crippen LogP contribution in [-0.4, -0.2) is 17.1 Å². The van der Waals surface area contributed by atoms with Crippen LogP contribution in [0.2, 0.25) is 0 Å². The Morgan fingerprint density at radius 1 is 1.42 bits per heavy atom.